The van der Waals surface area contributed by atoms with E-state index in [0.29, 0.717) is 0 Å². The lowest BCUT2D eigenvalue weighted by Crippen LogP contribution is -2.32. The van der Waals surface area contributed by atoms with Crippen LogP contribution in [-0.4, -0.2) is 6.16 Å². The van der Waals surface area contributed by atoms with Gasteiger partial charge in [0.05, 0.1) is 5.39 Å². The minimum atomic E-state index is -0.148. The minimum absolute atomic E-state index is 0.148. The van der Waals surface area contributed by atoms with Crippen LogP contribution in [0.4, 0.5) is 0 Å². The highest BCUT2D eigenvalue weighted by Gasteiger charge is 2.16. The highest BCUT2D eigenvalue weighted by molar-refractivity contribution is 7.68. The van der Waals surface area contributed by atoms with Crippen molar-refractivity contribution in [2.24, 2.45) is 0 Å². The van der Waals surface area contributed by atoms with Gasteiger partial charge < -0.3 is 0 Å². The van der Waals surface area contributed by atoms with Crippen molar-refractivity contribution in [3.05, 3.63) is 96.0 Å². The van der Waals surface area contributed by atoms with Crippen LogP contribution in [0.3, 0.4) is 0 Å². The zero-order chi connectivity index (χ0) is 18.6. The molecule has 134 valence electrons. The summed E-state index contributed by atoms with van der Waals surface area (Å²) in [6.45, 7) is 5.45. The molecule has 2 heteroatoms. The van der Waals surface area contributed by atoms with Gasteiger partial charge in [-0.05, 0) is 41.2 Å². The number of hydrogen-bond donors (Lipinski definition) is 0. The van der Waals surface area contributed by atoms with Gasteiger partial charge in [-0.15, -0.1) is 0 Å². The topological polar surface area (TPSA) is 3.88 Å². The van der Waals surface area contributed by atoms with Gasteiger partial charge in [0.25, 0.3) is 0 Å². The molecule has 1 aromatic heterocycles. The Balaban J connectivity index is 1.70. The predicted molar refractivity (Wildman–Crippen MR) is 120 cm³/mol. The quantitative estimate of drug-likeness (QED) is 0.398. The number of aryl methyl sites for hydroxylation is 1. The molecule has 0 amide bonds. The number of nitrogens with zero attached hydrogens (tertiary/aromatic N) is 1. The Hall–Kier alpha value is -2.50. The average molecular weight is 370 g/mol. The molecule has 1 atom stereocenters. The maximum atomic E-state index is 2.40. The normalized spacial score (nSPS) is 17.7. The van der Waals surface area contributed by atoms with E-state index >= 15 is 0 Å². The third-order valence-corrected chi connectivity index (χ3v) is 7.35. The second kappa shape index (κ2) is 8.03. The zero-order valence-corrected chi connectivity index (χ0v) is 16.9. The van der Waals surface area contributed by atoms with Crippen LogP contribution in [0.25, 0.3) is 22.6 Å². The Kier molecular flexibility index (Phi) is 5.32. The molecule has 0 radical (unpaired) electrons. The smallest absolute Gasteiger partial charge is 0.199 e. The van der Waals surface area contributed by atoms with E-state index in [1.807, 2.05) is 0 Å². The van der Waals surface area contributed by atoms with Crippen molar-refractivity contribution in [2.45, 2.75) is 20.4 Å². The second-order valence-corrected chi connectivity index (χ2v) is 9.03. The second-order valence-electron chi connectivity index (χ2n) is 6.67. The summed E-state index contributed by atoms with van der Waals surface area (Å²) >= 11 is 0. The van der Waals surface area contributed by atoms with Gasteiger partial charge in [0.2, 0.25) is 5.52 Å². The molecule has 2 aromatic carbocycles. The molecular weight excluding hydrogens is 345 g/mol. The van der Waals surface area contributed by atoms with E-state index in [9.17, 15) is 0 Å². The molecule has 3 aromatic rings. The summed E-state index contributed by atoms with van der Waals surface area (Å²) in [6, 6.07) is 19.7. The third-order valence-electron chi connectivity index (χ3n) is 5.15. The van der Waals surface area contributed by atoms with E-state index in [2.05, 4.69) is 109 Å². The summed E-state index contributed by atoms with van der Waals surface area (Å²) < 4.78 is 2.29. The van der Waals surface area contributed by atoms with Crippen molar-refractivity contribution < 1.29 is 4.57 Å². The van der Waals surface area contributed by atoms with Gasteiger partial charge in [-0.25, -0.2) is 0 Å². The summed E-state index contributed by atoms with van der Waals surface area (Å²) in [6.07, 6.45) is 12.3. The fourth-order valence-corrected chi connectivity index (χ4v) is 5.56. The number of fused-ring (bicyclic) bond motifs is 2. The van der Waals surface area contributed by atoms with Crippen LogP contribution in [-0.2, 0) is 6.54 Å². The Morgan fingerprint density at radius 3 is 2.63 bits per heavy atom. The number of allylic oxidation sites excluding steroid dienone is 4. The summed E-state index contributed by atoms with van der Waals surface area (Å²) in [5.74, 6) is 2.40. The summed E-state index contributed by atoms with van der Waals surface area (Å²) in [5, 5.41) is 2.80. The Labute approximate surface area is 163 Å². The lowest BCUT2D eigenvalue weighted by atomic mass is 10.0. The first-order chi connectivity index (χ1) is 13.3. The van der Waals surface area contributed by atoms with E-state index in [1.165, 1.54) is 39.1 Å². The molecule has 0 saturated heterocycles. The van der Waals surface area contributed by atoms with Crippen LogP contribution in [0, 0.1) is 0 Å². The Morgan fingerprint density at radius 2 is 1.78 bits per heavy atom. The van der Waals surface area contributed by atoms with Crippen LogP contribution in [0.2, 0.25) is 0 Å². The molecule has 2 heterocycles. The van der Waals surface area contributed by atoms with E-state index in [4.69, 9.17) is 0 Å². The number of hydrogen-bond acceptors (Lipinski definition) is 0. The van der Waals surface area contributed by atoms with E-state index < -0.39 is 0 Å². The first-order valence-electron chi connectivity index (χ1n) is 9.65. The van der Waals surface area contributed by atoms with Gasteiger partial charge in [-0.2, -0.15) is 4.57 Å². The van der Waals surface area contributed by atoms with Crippen molar-refractivity contribution in [3.8, 4) is 0 Å². The third kappa shape index (κ3) is 3.53. The van der Waals surface area contributed by atoms with Gasteiger partial charge >= 0.3 is 0 Å². The minimum Gasteiger partial charge on any atom is -0.199 e. The molecule has 0 saturated carbocycles. The van der Waals surface area contributed by atoms with Crippen LogP contribution >= 0.6 is 7.92 Å². The number of aromatic nitrogens is 1. The van der Waals surface area contributed by atoms with Crippen LogP contribution < -0.4 is 9.87 Å². The number of benzene rings is 2. The van der Waals surface area contributed by atoms with E-state index in [1.54, 1.807) is 0 Å². The fraction of sp³-hybridized carbons (Fsp3) is 0.160. The molecule has 0 bridgehead atoms. The lowest BCUT2D eigenvalue weighted by Gasteiger charge is -2.21. The van der Waals surface area contributed by atoms with Gasteiger partial charge in [0.15, 0.2) is 6.20 Å². The molecule has 0 spiro atoms. The highest BCUT2D eigenvalue weighted by Crippen LogP contribution is 2.42. The first-order valence-corrected chi connectivity index (χ1v) is 11.2. The van der Waals surface area contributed by atoms with Gasteiger partial charge in [-0.1, -0.05) is 81.4 Å². The van der Waals surface area contributed by atoms with Crippen molar-refractivity contribution in [1.29, 1.82) is 0 Å². The monoisotopic (exact) mass is 370 g/mol. The highest BCUT2D eigenvalue weighted by atomic mass is 31.1. The molecular formula is C25H25NP+. The van der Waals surface area contributed by atoms with Gasteiger partial charge in [0.1, 0.15) is 6.54 Å². The molecule has 1 aliphatic heterocycles. The van der Waals surface area contributed by atoms with Crippen LogP contribution in [0.5, 0.6) is 0 Å². The van der Waals surface area contributed by atoms with Crippen molar-refractivity contribution in [1.82, 2.24) is 0 Å². The Morgan fingerprint density at radius 1 is 0.963 bits per heavy atom. The largest absolute Gasteiger partial charge is 0.213 e. The molecule has 1 nitrogen and oxygen atoms in total. The molecule has 4 rings (SSSR count). The Bertz CT molecular complexity index is 1060. The lowest BCUT2D eigenvalue weighted by molar-refractivity contribution is -0.667. The molecule has 27 heavy (non-hydrogen) atoms. The summed E-state index contributed by atoms with van der Waals surface area (Å²) in [4.78, 5) is 0. The van der Waals surface area contributed by atoms with Crippen LogP contribution in [0.15, 0.2) is 84.8 Å². The van der Waals surface area contributed by atoms with Crippen molar-refractivity contribution >= 4 is 35.8 Å². The summed E-state index contributed by atoms with van der Waals surface area (Å²) in [7, 11) is -0.148. The van der Waals surface area contributed by atoms with E-state index in [-0.39, 0.29) is 7.92 Å². The average Bonchev–Trinajstić information content (AvgIpc) is 2.74. The van der Waals surface area contributed by atoms with Gasteiger partial charge in [-0.3, -0.25) is 0 Å². The van der Waals surface area contributed by atoms with E-state index in [0.717, 1.165) is 6.54 Å². The first kappa shape index (κ1) is 17.9. The zero-order valence-electron chi connectivity index (χ0n) is 16.0. The number of pyridine rings is 1. The summed E-state index contributed by atoms with van der Waals surface area (Å²) in [5.41, 5.74) is 5.24. The molecule has 0 aliphatic carbocycles. The molecule has 0 N–H and O–H groups in total. The van der Waals surface area contributed by atoms with Gasteiger partial charge in [0, 0.05) is 12.1 Å². The number of para-hydroxylation sites is 1. The predicted octanol–water partition coefficient (Wildman–Crippen LogP) is 5.90. The number of rotatable bonds is 4. The molecule has 1 aliphatic rings. The maximum Gasteiger partial charge on any atom is 0.213 e. The molecule has 0 fully saturated rings. The standard InChI is InChI=1S/C25H25NP/c1-3-26-18-16-20(22-12-5-7-14-24(22)26)10-9-11-21-17-19-27(4-2)25-15-8-6-13-23(21)25/h5-19H,3-4H2,1-2H3/q+1. The maximum absolute atomic E-state index is 2.40. The SMILES string of the molecule is CC[n+]1ccc(C=CC=C2C=CP(CC)c3ccccc32)c2ccccc21. The van der Waals surface area contributed by atoms with Crippen molar-refractivity contribution in [3.63, 3.8) is 0 Å². The van der Waals surface area contributed by atoms with Crippen LogP contribution in [0.1, 0.15) is 25.0 Å². The van der Waals surface area contributed by atoms with Crippen molar-refractivity contribution in [2.75, 3.05) is 6.16 Å². The fourth-order valence-electron chi connectivity index (χ4n) is 3.71. The molecule has 1 unspecified atom stereocenters.